The van der Waals surface area contributed by atoms with Gasteiger partial charge in [-0.2, -0.15) is 5.10 Å². The van der Waals surface area contributed by atoms with E-state index in [0.29, 0.717) is 31.7 Å². The third-order valence-corrected chi connectivity index (χ3v) is 4.92. The van der Waals surface area contributed by atoms with E-state index >= 15 is 0 Å². The topological polar surface area (TPSA) is 88.3 Å². The molecule has 0 bridgehead atoms. The molecule has 1 aromatic carbocycles. The first-order valence-electron chi connectivity index (χ1n) is 9.13. The Morgan fingerprint density at radius 2 is 2.04 bits per heavy atom. The molecule has 1 aliphatic rings. The number of nitrogens with one attached hydrogen (secondary N) is 1. The van der Waals surface area contributed by atoms with Crippen molar-refractivity contribution in [2.75, 3.05) is 20.6 Å². The maximum atomic E-state index is 12.5. The molecule has 28 heavy (non-hydrogen) atoms. The van der Waals surface area contributed by atoms with Crippen LogP contribution in [-0.4, -0.2) is 61.7 Å². The second-order valence-electron chi connectivity index (χ2n) is 7.19. The molecule has 1 N–H and O–H groups in total. The summed E-state index contributed by atoms with van der Waals surface area (Å²) in [4.78, 5) is 32.3. The molecule has 1 aliphatic heterocycles. The van der Waals surface area contributed by atoms with Crippen LogP contribution in [0.4, 0.5) is 4.79 Å². The van der Waals surface area contributed by atoms with Crippen LogP contribution in [0.25, 0.3) is 11.0 Å². The van der Waals surface area contributed by atoms with Gasteiger partial charge < -0.3 is 19.7 Å². The molecule has 2 aromatic heterocycles. The fourth-order valence-corrected chi connectivity index (χ4v) is 3.41. The molecule has 0 saturated carbocycles. The van der Waals surface area contributed by atoms with Gasteiger partial charge in [-0.3, -0.25) is 9.48 Å². The molecular weight excluding hydrogens is 358 g/mol. The lowest BCUT2D eigenvalue weighted by Crippen LogP contribution is -2.43. The van der Waals surface area contributed by atoms with Gasteiger partial charge in [0.15, 0.2) is 0 Å². The van der Waals surface area contributed by atoms with Crippen molar-refractivity contribution in [2.24, 2.45) is 7.05 Å². The Balaban J connectivity index is 1.41. The fraction of sp³-hybridized carbons (Fsp3) is 0.368. The normalized spacial score (nSPS) is 13.5. The summed E-state index contributed by atoms with van der Waals surface area (Å²) in [7, 11) is 5.41. The summed E-state index contributed by atoms with van der Waals surface area (Å²) in [5, 5.41) is 7.45. The highest BCUT2D eigenvalue weighted by atomic mass is 16.2. The summed E-state index contributed by atoms with van der Waals surface area (Å²) in [6, 6.07) is 7.41. The van der Waals surface area contributed by atoms with Gasteiger partial charge in [0.1, 0.15) is 0 Å². The highest BCUT2D eigenvalue weighted by Crippen LogP contribution is 2.16. The van der Waals surface area contributed by atoms with Crippen LogP contribution in [0.15, 0.2) is 30.6 Å². The van der Waals surface area contributed by atoms with Gasteiger partial charge in [-0.1, -0.05) is 0 Å². The van der Waals surface area contributed by atoms with Crippen molar-refractivity contribution in [3.05, 3.63) is 47.5 Å². The van der Waals surface area contributed by atoms with Gasteiger partial charge >= 0.3 is 6.03 Å². The van der Waals surface area contributed by atoms with E-state index in [9.17, 15) is 9.59 Å². The minimum absolute atomic E-state index is 0.00721. The second-order valence-corrected chi connectivity index (χ2v) is 7.19. The van der Waals surface area contributed by atoms with Crippen molar-refractivity contribution < 1.29 is 9.59 Å². The van der Waals surface area contributed by atoms with E-state index in [1.165, 1.54) is 0 Å². The number of carbonyl (C=O) groups excluding carboxylic acids is 2. The number of hydrogen-bond donors (Lipinski definition) is 1. The van der Waals surface area contributed by atoms with Gasteiger partial charge in [-0.05, 0) is 24.3 Å². The molecule has 0 atom stereocenters. The van der Waals surface area contributed by atoms with E-state index in [-0.39, 0.29) is 11.9 Å². The van der Waals surface area contributed by atoms with Gasteiger partial charge in [0.05, 0.1) is 48.4 Å². The van der Waals surface area contributed by atoms with E-state index in [2.05, 4.69) is 15.4 Å². The number of amides is 3. The van der Waals surface area contributed by atoms with Gasteiger partial charge in [-0.25, -0.2) is 9.78 Å². The molecule has 9 heteroatoms. The summed E-state index contributed by atoms with van der Waals surface area (Å²) in [6.07, 6.45) is 1.73. The standard InChI is InChI=1S/C19H23N7O2/c1-23(2)19(28)25-6-7-26-15(11-25)9-14(22-26)10-20-18(27)13-4-5-17-16(8-13)21-12-24(17)3/h4-5,8-9,12H,6-7,10-11H2,1-3H3,(H,20,27). The van der Waals surface area contributed by atoms with Gasteiger partial charge in [0, 0.05) is 33.3 Å². The quantitative estimate of drug-likeness (QED) is 0.738. The number of nitrogens with zero attached hydrogens (tertiary/aromatic N) is 6. The van der Waals surface area contributed by atoms with E-state index in [1.54, 1.807) is 42.4 Å². The van der Waals surface area contributed by atoms with Gasteiger partial charge in [0.25, 0.3) is 5.91 Å². The Bertz CT molecular complexity index is 1050. The van der Waals surface area contributed by atoms with Crippen LogP contribution >= 0.6 is 0 Å². The average Bonchev–Trinajstić information content (AvgIpc) is 3.27. The van der Waals surface area contributed by atoms with E-state index in [4.69, 9.17) is 0 Å². The second kappa shape index (κ2) is 6.99. The summed E-state index contributed by atoms with van der Waals surface area (Å²) < 4.78 is 3.82. The van der Waals surface area contributed by atoms with Crippen molar-refractivity contribution in [3.63, 3.8) is 0 Å². The predicted octanol–water partition coefficient (Wildman–Crippen LogP) is 1.20. The number of rotatable bonds is 3. The first-order chi connectivity index (χ1) is 13.4. The summed E-state index contributed by atoms with van der Waals surface area (Å²) in [6.45, 7) is 2.13. The van der Waals surface area contributed by atoms with Crippen molar-refractivity contribution >= 4 is 23.0 Å². The van der Waals surface area contributed by atoms with Crippen LogP contribution in [-0.2, 0) is 26.7 Å². The van der Waals surface area contributed by atoms with E-state index in [1.807, 2.05) is 28.4 Å². The number of benzene rings is 1. The molecule has 0 unspecified atom stereocenters. The molecule has 0 saturated heterocycles. The van der Waals surface area contributed by atoms with E-state index < -0.39 is 0 Å². The van der Waals surface area contributed by atoms with Crippen LogP contribution in [0.5, 0.6) is 0 Å². The Labute approximate surface area is 162 Å². The monoisotopic (exact) mass is 381 g/mol. The lowest BCUT2D eigenvalue weighted by atomic mass is 10.2. The molecular formula is C19H23N7O2. The van der Waals surface area contributed by atoms with Crippen molar-refractivity contribution in [1.82, 2.24) is 34.4 Å². The number of imidazole rings is 1. The predicted molar refractivity (Wildman–Crippen MR) is 104 cm³/mol. The molecule has 0 fully saturated rings. The maximum absolute atomic E-state index is 12.5. The zero-order chi connectivity index (χ0) is 19.8. The minimum Gasteiger partial charge on any atom is -0.346 e. The number of carbonyl (C=O) groups is 2. The van der Waals surface area contributed by atoms with Crippen LogP contribution < -0.4 is 5.32 Å². The van der Waals surface area contributed by atoms with Crippen LogP contribution in [0.3, 0.4) is 0 Å². The van der Waals surface area contributed by atoms with Crippen molar-refractivity contribution in [2.45, 2.75) is 19.6 Å². The van der Waals surface area contributed by atoms with Gasteiger partial charge in [-0.15, -0.1) is 0 Å². The first-order valence-corrected chi connectivity index (χ1v) is 9.13. The Morgan fingerprint density at radius 1 is 1.21 bits per heavy atom. The number of aromatic nitrogens is 4. The Kier molecular flexibility index (Phi) is 4.50. The highest BCUT2D eigenvalue weighted by Gasteiger charge is 2.23. The smallest absolute Gasteiger partial charge is 0.319 e. The minimum atomic E-state index is -0.164. The third kappa shape index (κ3) is 3.30. The summed E-state index contributed by atoms with van der Waals surface area (Å²) in [5.41, 5.74) is 4.09. The Morgan fingerprint density at radius 3 is 2.82 bits per heavy atom. The maximum Gasteiger partial charge on any atom is 0.319 e. The highest BCUT2D eigenvalue weighted by molar-refractivity contribution is 5.97. The zero-order valence-electron chi connectivity index (χ0n) is 16.2. The molecule has 4 rings (SSSR count). The number of urea groups is 1. The molecule has 3 amide bonds. The lowest BCUT2D eigenvalue weighted by molar-refractivity contribution is 0.0950. The van der Waals surface area contributed by atoms with Crippen LogP contribution in [0.2, 0.25) is 0 Å². The van der Waals surface area contributed by atoms with E-state index in [0.717, 1.165) is 22.4 Å². The molecule has 0 spiro atoms. The summed E-state index contributed by atoms with van der Waals surface area (Å²) in [5.74, 6) is -0.164. The average molecular weight is 381 g/mol. The number of aryl methyl sites for hydroxylation is 1. The molecule has 0 aliphatic carbocycles. The number of fused-ring (bicyclic) bond motifs is 2. The zero-order valence-corrected chi connectivity index (χ0v) is 16.2. The Hall–Kier alpha value is -3.36. The molecule has 146 valence electrons. The van der Waals surface area contributed by atoms with Gasteiger partial charge in [0.2, 0.25) is 0 Å². The molecule has 3 heterocycles. The lowest BCUT2D eigenvalue weighted by Gasteiger charge is -2.29. The molecule has 0 radical (unpaired) electrons. The fourth-order valence-electron chi connectivity index (χ4n) is 3.41. The third-order valence-electron chi connectivity index (χ3n) is 4.92. The van der Waals surface area contributed by atoms with Crippen molar-refractivity contribution in [3.8, 4) is 0 Å². The number of hydrogen-bond acceptors (Lipinski definition) is 4. The van der Waals surface area contributed by atoms with Crippen LogP contribution in [0, 0.1) is 0 Å². The summed E-state index contributed by atoms with van der Waals surface area (Å²) >= 11 is 0. The van der Waals surface area contributed by atoms with Crippen LogP contribution in [0.1, 0.15) is 21.7 Å². The van der Waals surface area contributed by atoms with Crippen molar-refractivity contribution in [1.29, 1.82) is 0 Å². The first kappa shape index (κ1) is 18.0. The largest absolute Gasteiger partial charge is 0.346 e. The SMILES string of the molecule is CN(C)C(=O)N1CCn2nc(CNC(=O)c3ccc4c(c3)ncn4C)cc2C1. The molecule has 9 nitrogen and oxygen atoms in total. The molecule has 3 aromatic rings.